The van der Waals surface area contributed by atoms with Crippen molar-refractivity contribution in [1.29, 1.82) is 5.26 Å². The van der Waals surface area contributed by atoms with Gasteiger partial charge >= 0.3 is 0 Å². The smallest absolute Gasteiger partial charge is 0.235 e. The Labute approximate surface area is 160 Å². The Kier molecular flexibility index (Phi) is 4.96. The summed E-state index contributed by atoms with van der Waals surface area (Å²) >= 11 is 2.97. The van der Waals surface area contributed by atoms with Crippen LogP contribution in [0.3, 0.4) is 0 Å². The summed E-state index contributed by atoms with van der Waals surface area (Å²) in [5.41, 5.74) is 2.82. The zero-order valence-corrected chi connectivity index (χ0v) is 15.8. The SMILES string of the molecule is N#Cc1c(NC(=O)CSc2ncc3ccccn23)sc2c1CCCCC2. The van der Waals surface area contributed by atoms with E-state index in [0.29, 0.717) is 10.6 Å². The van der Waals surface area contributed by atoms with Gasteiger partial charge in [0.25, 0.3) is 0 Å². The van der Waals surface area contributed by atoms with Gasteiger partial charge in [0, 0.05) is 11.1 Å². The van der Waals surface area contributed by atoms with Gasteiger partial charge in [0.2, 0.25) is 5.91 Å². The van der Waals surface area contributed by atoms with Crippen molar-refractivity contribution in [3.63, 3.8) is 0 Å². The number of thioether (sulfide) groups is 1. The summed E-state index contributed by atoms with van der Waals surface area (Å²) in [6.07, 6.45) is 9.18. The van der Waals surface area contributed by atoms with Crippen molar-refractivity contribution in [2.24, 2.45) is 0 Å². The number of hydrogen-bond donors (Lipinski definition) is 1. The maximum Gasteiger partial charge on any atom is 0.235 e. The van der Waals surface area contributed by atoms with Crippen LogP contribution in [0, 0.1) is 11.3 Å². The van der Waals surface area contributed by atoms with Crippen molar-refractivity contribution in [2.45, 2.75) is 37.3 Å². The fourth-order valence-corrected chi connectivity index (χ4v) is 5.29. The number of imidazole rings is 1. The Bertz CT molecular complexity index is 999. The molecule has 1 aliphatic carbocycles. The maximum absolute atomic E-state index is 12.4. The summed E-state index contributed by atoms with van der Waals surface area (Å²) < 4.78 is 1.96. The summed E-state index contributed by atoms with van der Waals surface area (Å²) in [4.78, 5) is 18.1. The Morgan fingerprint density at radius 1 is 1.35 bits per heavy atom. The zero-order valence-electron chi connectivity index (χ0n) is 14.2. The minimum atomic E-state index is -0.101. The minimum Gasteiger partial charge on any atom is -0.316 e. The van der Waals surface area contributed by atoms with Crippen molar-refractivity contribution >= 4 is 39.5 Å². The molecule has 0 aliphatic heterocycles. The molecule has 1 amide bonds. The van der Waals surface area contributed by atoms with Crippen LogP contribution < -0.4 is 5.32 Å². The van der Waals surface area contributed by atoms with E-state index in [2.05, 4.69) is 16.4 Å². The number of nitrogens with zero attached hydrogens (tertiary/aromatic N) is 3. The van der Waals surface area contributed by atoms with Crippen molar-refractivity contribution in [1.82, 2.24) is 9.38 Å². The van der Waals surface area contributed by atoms with Crippen molar-refractivity contribution in [3.05, 3.63) is 46.6 Å². The highest BCUT2D eigenvalue weighted by Gasteiger charge is 2.21. The minimum absolute atomic E-state index is 0.101. The fraction of sp³-hybridized carbons (Fsp3) is 0.316. The molecule has 132 valence electrons. The second-order valence-corrected chi connectivity index (χ2v) is 8.30. The lowest BCUT2D eigenvalue weighted by molar-refractivity contribution is -0.113. The number of nitrogens with one attached hydrogen (secondary N) is 1. The van der Waals surface area contributed by atoms with Crippen LogP contribution in [0.15, 0.2) is 35.7 Å². The number of fused-ring (bicyclic) bond motifs is 2. The summed E-state index contributed by atoms with van der Waals surface area (Å²) in [6, 6.07) is 8.19. The molecule has 1 aliphatic rings. The Morgan fingerprint density at radius 3 is 3.12 bits per heavy atom. The van der Waals surface area contributed by atoms with Crippen LogP contribution in [0.2, 0.25) is 0 Å². The molecule has 0 saturated heterocycles. The highest BCUT2D eigenvalue weighted by Crippen LogP contribution is 2.37. The highest BCUT2D eigenvalue weighted by molar-refractivity contribution is 7.99. The van der Waals surface area contributed by atoms with Gasteiger partial charge in [-0.2, -0.15) is 5.26 Å². The molecule has 0 unspecified atom stereocenters. The average molecular weight is 383 g/mol. The molecule has 3 aromatic rings. The lowest BCUT2D eigenvalue weighted by Crippen LogP contribution is -2.14. The monoisotopic (exact) mass is 382 g/mol. The van der Waals surface area contributed by atoms with Crippen LogP contribution in [-0.4, -0.2) is 21.0 Å². The van der Waals surface area contributed by atoms with Gasteiger partial charge in [-0.25, -0.2) is 4.98 Å². The predicted octanol–water partition coefficient (Wildman–Crippen LogP) is 4.27. The maximum atomic E-state index is 12.4. The Balaban J connectivity index is 1.46. The molecule has 5 nitrogen and oxygen atoms in total. The average Bonchev–Trinajstić information content (AvgIpc) is 3.13. The van der Waals surface area contributed by atoms with Gasteiger partial charge in [0.05, 0.1) is 23.0 Å². The third kappa shape index (κ3) is 3.35. The first kappa shape index (κ1) is 17.1. The van der Waals surface area contributed by atoms with Crippen LogP contribution in [0.5, 0.6) is 0 Å². The molecular formula is C19H18N4OS2. The van der Waals surface area contributed by atoms with E-state index in [0.717, 1.165) is 41.9 Å². The molecule has 0 atom stereocenters. The van der Waals surface area contributed by atoms with Crippen LogP contribution in [0.4, 0.5) is 5.00 Å². The molecular weight excluding hydrogens is 364 g/mol. The van der Waals surface area contributed by atoms with E-state index in [4.69, 9.17) is 0 Å². The molecule has 0 aromatic carbocycles. The molecule has 0 bridgehead atoms. The second kappa shape index (κ2) is 7.52. The normalized spacial score (nSPS) is 13.8. The van der Waals surface area contributed by atoms with Gasteiger partial charge in [-0.05, 0) is 43.4 Å². The van der Waals surface area contributed by atoms with Crippen molar-refractivity contribution < 1.29 is 4.79 Å². The second-order valence-electron chi connectivity index (χ2n) is 6.25. The van der Waals surface area contributed by atoms with Gasteiger partial charge in [0.1, 0.15) is 11.1 Å². The van der Waals surface area contributed by atoms with E-state index in [9.17, 15) is 10.1 Å². The van der Waals surface area contributed by atoms with Crippen LogP contribution in [0.25, 0.3) is 5.52 Å². The van der Waals surface area contributed by atoms with Gasteiger partial charge < -0.3 is 5.32 Å². The molecule has 7 heteroatoms. The predicted molar refractivity (Wildman–Crippen MR) is 105 cm³/mol. The first-order valence-corrected chi connectivity index (χ1v) is 10.5. The molecule has 0 spiro atoms. The molecule has 3 aromatic heterocycles. The van der Waals surface area contributed by atoms with E-state index in [1.807, 2.05) is 28.8 Å². The number of rotatable bonds is 4. The number of thiophene rings is 1. The number of aromatic nitrogens is 2. The van der Waals surface area contributed by atoms with E-state index < -0.39 is 0 Å². The third-order valence-electron chi connectivity index (χ3n) is 4.52. The number of anilines is 1. The third-order valence-corrected chi connectivity index (χ3v) is 6.70. The fourth-order valence-electron chi connectivity index (χ4n) is 3.27. The summed E-state index contributed by atoms with van der Waals surface area (Å²) in [7, 11) is 0. The van der Waals surface area contributed by atoms with E-state index in [1.165, 1.54) is 23.1 Å². The number of nitriles is 1. The Hall–Kier alpha value is -2.30. The van der Waals surface area contributed by atoms with Gasteiger partial charge in [-0.1, -0.05) is 24.2 Å². The molecule has 3 heterocycles. The summed E-state index contributed by atoms with van der Waals surface area (Å²) in [5, 5.41) is 14.0. The van der Waals surface area contributed by atoms with E-state index >= 15 is 0 Å². The number of carbonyl (C=O) groups is 1. The van der Waals surface area contributed by atoms with Gasteiger partial charge in [-0.3, -0.25) is 9.20 Å². The molecule has 4 rings (SSSR count). The van der Waals surface area contributed by atoms with Crippen molar-refractivity contribution in [2.75, 3.05) is 11.1 Å². The first-order valence-electron chi connectivity index (χ1n) is 8.65. The Morgan fingerprint density at radius 2 is 2.23 bits per heavy atom. The standard InChI is InChI=1S/C19H18N4OS2/c20-10-15-14-7-2-1-3-8-16(14)26-18(15)22-17(24)12-25-19-21-11-13-6-4-5-9-23(13)19/h4-6,9,11H,1-3,7-8,12H2,(H,22,24). The van der Waals surface area contributed by atoms with Gasteiger partial charge in [-0.15, -0.1) is 11.3 Å². The lowest BCUT2D eigenvalue weighted by atomic mass is 10.1. The largest absolute Gasteiger partial charge is 0.316 e. The number of amides is 1. The molecule has 0 fully saturated rings. The van der Waals surface area contributed by atoms with Crippen molar-refractivity contribution in [3.8, 4) is 6.07 Å². The lowest BCUT2D eigenvalue weighted by Gasteiger charge is -2.04. The molecule has 0 saturated carbocycles. The quantitative estimate of drug-likeness (QED) is 0.540. The highest BCUT2D eigenvalue weighted by atomic mass is 32.2. The van der Waals surface area contributed by atoms with Crippen LogP contribution in [-0.2, 0) is 17.6 Å². The number of carbonyl (C=O) groups excluding carboxylic acids is 1. The number of aryl methyl sites for hydroxylation is 1. The molecule has 26 heavy (non-hydrogen) atoms. The van der Waals surface area contributed by atoms with E-state index in [1.54, 1.807) is 17.5 Å². The summed E-state index contributed by atoms with van der Waals surface area (Å²) in [5.74, 6) is 0.164. The van der Waals surface area contributed by atoms with Crippen LogP contribution >= 0.6 is 23.1 Å². The van der Waals surface area contributed by atoms with Gasteiger partial charge in [0.15, 0.2) is 5.16 Å². The zero-order chi connectivity index (χ0) is 17.9. The number of pyridine rings is 1. The van der Waals surface area contributed by atoms with Crippen LogP contribution in [0.1, 0.15) is 35.3 Å². The summed E-state index contributed by atoms with van der Waals surface area (Å²) in [6.45, 7) is 0. The topological polar surface area (TPSA) is 70.2 Å². The molecule has 1 N–H and O–H groups in total. The van der Waals surface area contributed by atoms with E-state index in [-0.39, 0.29) is 11.7 Å². The first-order chi connectivity index (χ1) is 12.8. The number of hydrogen-bond acceptors (Lipinski definition) is 5. The molecule has 0 radical (unpaired) electrons.